The predicted molar refractivity (Wildman–Crippen MR) is 59.8 cm³/mol. The molecule has 0 saturated heterocycles. The summed E-state index contributed by atoms with van der Waals surface area (Å²) in [7, 11) is 0. The van der Waals surface area contributed by atoms with Crippen molar-refractivity contribution in [1.29, 1.82) is 0 Å². The molecular formula is C13H24. The summed E-state index contributed by atoms with van der Waals surface area (Å²) in [5.74, 6) is 1.58. The Morgan fingerprint density at radius 2 is 1.85 bits per heavy atom. The highest BCUT2D eigenvalue weighted by Crippen LogP contribution is 2.27. The highest BCUT2D eigenvalue weighted by atomic mass is 14.2. The third kappa shape index (κ3) is 3.97. The summed E-state index contributed by atoms with van der Waals surface area (Å²) in [6.07, 6.45) is 11.0. The fraction of sp³-hybridized carbons (Fsp3) is 0.846. The van der Waals surface area contributed by atoms with E-state index >= 15 is 0 Å². The molecular weight excluding hydrogens is 156 g/mol. The molecule has 1 rings (SSSR count). The molecule has 0 N–H and O–H groups in total. The van der Waals surface area contributed by atoms with E-state index in [1.54, 1.807) is 5.57 Å². The maximum Gasteiger partial charge on any atom is -0.0232 e. The zero-order chi connectivity index (χ0) is 9.68. The van der Waals surface area contributed by atoms with E-state index in [9.17, 15) is 0 Å². The Morgan fingerprint density at radius 3 is 2.54 bits per heavy atom. The lowest BCUT2D eigenvalue weighted by Crippen LogP contribution is -2.04. The van der Waals surface area contributed by atoms with Gasteiger partial charge in [0, 0.05) is 0 Å². The molecule has 1 unspecified atom stereocenters. The van der Waals surface area contributed by atoms with Crippen LogP contribution in [-0.4, -0.2) is 0 Å². The Morgan fingerprint density at radius 1 is 1.15 bits per heavy atom. The van der Waals surface area contributed by atoms with E-state index in [1.165, 1.54) is 38.5 Å². The molecule has 0 radical (unpaired) electrons. The average molecular weight is 180 g/mol. The smallest absolute Gasteiger partial charge is 0.0232 e. The van der Waals surface area contributed by atoms with Gasteiger partial charge in [-0.15, -0.1) is 0 Å². The molecule has 0 aromatic heterocycles. The maximum absolute atomic E-state index is 2.50. The summed E-state index contributed by atoms with van der Waals surface area (Å²) in [5.41, 5.74) is 1.73. The van der Waals surface area contributed by atoms with Gasteiger partial charge in [0.2, 0.25) is 0 Å². The summed E-state index contributed by atoms with van der Waals surface area (Å²) >= 11 is 0. The minimum Gasteiger partial charge on any atom is -0.0825 e. The van der Waals surface area contributed by atoms with Gasteiger partial charge in [0.1, 0.15) is 0 Å². The Labute approximate surface area is 83.4 Å². The van der Waals surface area contributed by atoms with Crippen molar-refractivity contribution < 1.29 is 0 Å². The molecule has 0 bridgehead atoms. The monoisotopic (exact) mass is 180 g/mol. The Balaban J connectivity index is 2.56. The van der Waals surface area contributed by atoms with Gasteiger partial charge in [-0.25, -0.2) is 0 Å². The van der Waals surface area contributed by atoms with Gasteiger partial charge < -0.3 is 0 Å². The second-order valence-electron chi connectivity index (χ2n) is 4.84. The molecule has 1 atom stereocenters. The van der Waals surface area contributed by atoms with Gasteiger partial charge in [0.05, 0.1) is 0 Å². The molecule has 0 aromatic carbocycles. The van der Waals surface area contributed by atoms with E-state index in [-0.39, 0.29) is 0 Å². The second kappa shape index (κ2) is 5.47. The molecule has 0 aliphatic heterocycles. The SMILES string of the molecule is CC(C)C=C1CCCCCCC1C. The number of hydrogen-bond acceptors (Lipinski definition) is 0. The van der Waals surface area contributed by atoms with Crippen LogP contribution in [0.2, 0.25) is 0 Å². The van der Waals surface area contributed by atoms with E-state index in [4.69, 9.17) is 0 Å². The quantitative estimate of drug-likeness (QED) is 0.519. The molecule has 76 valence electrons. The van der Waals surface area contributed by atoms with Crippen LogP contribution in [0.25, 0.3) is 0 Å². The van der Waals surface area contributed by atoms with Crippen molar-refractivity contribution in [3.63, 3.8) is 0 Å². The van der Waals surface area contributed by atoms with Gasteiger partial charge in [0.15, 0.2) is 0 Å². The molecule has 1 aliphatic carbocycles. The second-order valence-corrected chi connectivity index (χ2v) is 4.84. The molecule has 1 fully saturated rings. The zero-order valence-corrected chi connectivity index (χ0v) is 9.47. The first kappa shape index (κ1) is 10.8. The first-order valence-corrected chi connectivity index (χ1v) is 5.90. The normalized spacial score (nSPS) is 28.9. The molecule has 0 aromatic rings. The van der Waals surface area contributed by atoms with Crippen molar-refractivity contribution in [3.05, 3.63) is 11.6 Å². The first-order chi connectivity index (χ1) is 6.20. The van der Waals surface area contributed by atoms with Crippen molar-refractivity contribution in [2.45, 2.75) is 59.3 Å². The van der Waals surface area contributed by atoms with Crippen LogP contribution >= 0.6 is 0 Å². The molecule has 0 nitrogen and oxygen atoms in total. The van der Waals surface area contributed by atoms with Gasteiger partial charge in [0.25, 0.3) is 0 Å². The third-order valence-electron chi connectivity index (χ3n) is 3.03. The lowest BCUT2D eigenvalue weighted by Gasteiger charge is -2.20. The third-order valence-corrected chi connectivity index (χ3v) is 3.03. The standard InChI is InChI=1S/C13H24/c1-11(2)10-13-9-7-5-4-6-8-12(13)3/h10-12H,4-9H2,1-3H3. The highest BCUT2D eigenvalue weighted by molar-refractivity contribution is 5.07. The minimum absolute atomic E-state index is 0.733. The van der Waals surface area contributed by atoms with Crippen LogP contribution in [0.4, 0.5) is 0 Å². The van der Waals surface area contributed by atoms with Crippen LogP contribution in [0.5, 0.6) is 0 Å². The zero-order valence-electron chi connectivity index (χ0n) is 9.47. The van der Waals surface area contributed by atoms with Gasteiger partial charge in [-0.1, -0.05) is 51.7 Å². The van der Waals surface area contributed by atoms with Crippen molar-refractivity contribution in [2.75, 3.05) is 0 Å². The Bertz CT molecular complexity index is 165. The molecule has 0 spiro atoms. The number of hydrogen-bond donors (Lipinski definition) is 0. The fourth-order valence-corrected chi connectivity index (χ4v) is 2.24. The summed E-state index contributed by atoms with van der Waals surface area (Å²) in [5, 5.41) is 0. The molecule has 1 aliphatic rings. The largest absolute Gasteiger partial charge is 0.0825 e. The summed E-state index contributed by atoms with van der Waals surface area (Å²) in [4.78, 5) is 0. The van der Waals surface area contributed by atoms with E-state index in [2.05, 4.69) is 26.8 Å². The van der Waals surface area contributed by atoms with Crippen LogP contribution in [-0.2, 0) is 0 Å². The van der Waals surface area contributed by atoms with E-state index < -0.39 is 0 Å². The summed E-state index contributed by atoms with van der Waals surface area (Å²) in [6.45, 7) is 6.98. The van der Waals surface area contributed by atoms with Crippen LogP contribution in [0.15, 0.2) is 11.6 Å². The number of rotatable bonds is 1. The van der Waals surface area contributed by atoms with Gasteiger partial charge >= 0.3 is 0 Å². The average Bonchev–Trinajstić information content (AvgIpc) is 2.04. The predicted octanol–water partition coefficient (Wildman–Crippen LogP) is 4.56. The van der Waals surface area contributed by atoms with Crippen LogP contribution in [0.1, 0.15) is 59.3 Å². The van der Waals surface area contributed by atoms with Crippen molar-refractivity contribution in [2.24, 2.45) is 11.8 Å². The van der Waals surface area contributed by atoms with Gasteiger partial charge in [-0.3, -0.25) is 0 Å². The fourth-order valence-electron chi connectivity index (χ4n) is 2.24. The molecule has 0 heteroatoms. The lowest BCUT2D eigenvalue weighted by molar-refractivity contribution is 0.482. The van der Waals surface area contributed by atoms with E-state index in [0.717, 1.165) is 11.8 Å². The summed E-state index contributed by atoms with van der Waals surface area (Å²) in [6, 6.07) is 0. The Hall–Kier alpha value is -0.260. The topological polar surface area (TPSA) is 0 Å². The number of allylic oxidation sites excluding steroid dienone is 2. The maximum atomic E-state index is 2.50. The van der Waals surface area contributed by atoms with E-state index in [0.29, 0.717) is 0 Å². The van der Waals surface area contributed by atoms with Gasteiger partial charge in [-0.2, -0.15) is 0 Å². The summed E-state index contributed by atoms with van der Waals surface area (Å²) < 4.78 is 0. The van der Waals surface area contributed by atoms with Crippen LogP contribution in [0, 0.1) is 11.8 Å². The van der Waals surface area contributed by atoms with E-state index in [1.807, 2.05) is 0 Å². The molecule has 0 amide bonds. The molecule has 0 heterocycles. The minimum atomic E-state index is 0.733. The lowest BCUT2D eigenvalue weighted by atomic mass is 9.86. The molecule has 1 saturated carbocycles. The van der Waals surface area contributed by atoms with Crippen molar-refractivity contribution in [1.82, 2.24) is 0 Å². The van der Waals surface area contributed by atoms with Crippen molar-refractivity contribution in [3.8, 4) is 0 Å². The molecule has 13 heavy (non-hydrogen) atoms. The van der Waals surface area contributed by atoms with Gasteiger partial charge in [-0.05, 0) is 31.1 Å². The van der Waals surface area contributed by atoms with Crippen LogP contribution < -0.4 is 0 Å². The highest BCUT2D eigenvalue weighted by Gasteiger charge is 2.11. The van der Waals surface area contributed by atoms with Crippen LogP contribution in [0.3, 0.4) is 0 Å². The first-order valence-electron chi connectivity index (χ1n) is 5.90. The van der Waals surface area contributed by atoms with Crippen molar-refractivity contribution >= 4 is 0 Å². The Kier molecular flexibility index (Phi) is 4.55.